The number of aromatic nitrogens is 1. The van der Waals surface area contributed by atoms with Crippen molar-refractivity contribution in [2.24, 2.45) is 0 Å². The predicted molar refractivity (Wildman–Crippen MR) is 141 cm³/mol. The Kier molecular flexibility index (Phi) is 6.22. The van der Waals surface area contributed by atoms with E-state index in [-0.39, 0.29) is 24.0 Å². The van der Waals surface area contributed by atoms with Gasteiger partial charge in [-0.3, -0.25) is 19.3 Å². The van der Waals surface area contributed by atoms with Gasteiger partial charge in [0.1, 0.15) is 30.1 Å². The average molecular weight is 526 g/mol. The number of carbonyl (C=O) groups is 1. The van der Waals surface area contributed by atoms with Crippen LogP contribution in [0.4, 0.5) is 0 Å². The van der Waals surface area contributed by atoms with Crippen molar-refractivity contribution in [3.63, 3.8) is 0 Å². The van der Waals surface area contributed by atoms with Crippen LogP contribution < -0.4 is 15.2 Å². The molecule has 2 aromatic rings. The molecule has 1 aliphatic carbocycles. The SMILES string of the molecule is C=C(/C=C\C=C/C)[C@@H]1c2ccc(Cl)c(Cl)c2OC/C=C/C2(CC2)N2CN1n1ccc(=O)c(O)c1C2=O. The van der Waals surface area contributed by atoms with Crippen molar-refractivity contribution in [2.75, 3.05) is 18.3 Å². The van der Waals surface area contributed by atoms with Gasteiger partial charge in [-0.25, -0.2) is 0 Å². The normalized spacial score (nSPS) is 21.2. The van der Waals surface area contributed by atoms with Crippen LogP contribution in [0.1, 0.15) is 41.9 Å². The number of benzene rings is 1. The van der Waals surface area contributed by atoms with Gasteiger partial charge in [0.2, 0.25) is 5.43 Å². The number of ether oxygens (including phenoxy) is 1. The van der Waals surface area contributed by atoms with Gasteiger partial charge in [-0.1, -0.05) is 66.2 Å². The second-order valence-electron chi connectivity index (χ2n) is 8.99. The van der Waals surface area contributed by atoms with Crippen LogP contribution in [0.3, 0.4) is 0 Å². The second kappa shape index (κ2) is 9.22. The fourth-order valence-electron chi connectivity index (χ4n) is 4.78. The number of hydrogen-bond acceptors (Lipinski definition) is 5. The van der Waals surface area contributed by atoms with E-state index in [0.717, 1.165) is 12.8 Å². The second-order valence-corrected chi connectivity index (χ2v) is 9.78. The number of rotatable bonds is 3. The summed E-state index contributed by atoms with van der Waals surface area (Å²) >= 11 is 13.0. The summed E-state index contributed by atoms with van der Waals surface area (Å²) in [6.45, 7) is 6.65. The molecule has 2 aliphatic heterocycles. The maximum absolute atomic E-state index is 13.7. The van der Waals surface area contributed by atoms with Crippen molar-refractivity contribution in [2.45, 2.75) is 31.3 Å². The van der Waals surface area contributed by atoms with E-state index in [9.17, 15) is 14.7 Å². The standard InChI is InChI=1S/C27H25Cl2N3O4/c1-3-4-5-7-17(2)22-18-8-9-19(28)21(29)25(18)36-15-6-11-27(12-13-27)30-16-32(22)31-14-10-20(33)24(34)23(31)26(30)35/h3-11,14,22,34H,2,12-13,15-16H2,1H3/b4-3-,7-5-,11-6+/t22-/m1/s1. The summed E-state index contributed by atoms with van der Waals surface area (Å²) in [5.41, 5.74) is 0.103. The van der Waals surface area contributed by atoms with E-state index in [4.69, 9.17) is 27.9 Å². The smallest absolute Gasteiger partial charge is 0.278 e. The molecule has 9 heteroatoms. The lowest BCUT2D eigenvalue weighted by molar-refractivity contribution is 0.0606. The maximum atomic E-state index is 13.7. The van der Waals surface area contributed by atoms with Crippen molar-refractivity contribution in [1.82, 2.24) is 9.58 Å². The number of hydrogen-bond donors (Lipinski definition) is 1. The Bertz CT molecular complexity index is 1400. The Morgan fingerprint density at radius 3 is 2.72 bits per heavy atom. The molecule has 36 heavy (non-hydrogen) atoms. The molecule has 1 fully saturated rings. The van der Waals surface area contributed by atoms with Crippen molar-refractivity contribution >= 4 is 29.1 Å². The van der Waals surface area contributed by atoms with E-state index < -0.39 is 28.7 Å². The molecule has 1 amide bonds. The molecule has 3 aliphatic rings. The van der Waals surface area contributed by atoms with Crippen molar-refractivity contribution in [1.29, 1.82) is 0 Å². The Morgan fingerprint density at radius 2 is 2.00 bits per heavy atom. The van der Waals surface area contributed by atoms with Crippen molar-refractivity contribution in [3.05, 3.63) is 105 Å². The zero-order valence-electron chi connectivity index (χ0n) is 19.7. The molecule has 1 aromatic heterocycles. The summed E-state index contributed by atoms with van der Waals surface area (Å²) in [6, 6.07) is 4.17. The van der Waals surface area contributed by atoms with Crippen LogP contribution in [0.5, 0.6) is 11.5 Å². The van der Waals surface area contributed by atoms with Gasteiger partial charge >= 0.3 is 0 Å². The molecule has 1 saturated carbocycles. The van der Waals surface area contributed by atoms with Crippen LogP contribution in [0.25, 0.3) is 0 Å². The van der Waals surface area contributed by atoms with Crippen molar-refractivity contribution in [3.8, 4) is 11.5 Å². The monoisotopic (exact) mass is 525 g/mol. The van der Waals surface area contributed by atoms with E-state index in [1.165, 1.54) is 16.9 Å². The Hall–Kier alpha value is -3.42. The minimum absolute atomic E-state index is 0.0922. The number of carbonyl (C=O) groups excluding carboxylic acids is 1. The molecule has 1 atom stereocenters. The highest BCUT2D eigenvalue weighted by Gasteiger charge is 2.52. The lowest BCUT2D eigenvalue weighted by atomic mass is 9.97. The zero-order chi connectivity index (χ0) is 25.6. The molecule has 3 heterocycles. The number of nitrogens with zero attached hydrogens (tertiary/aromatic N) is 3. The Labute approximate surface area is 218 Å². The van der Waals surface area contributed by atoms with Crippen LogP contribution in [0.15, 0.2) is 77.8 Å². The van der Waals surface area contributed by atoms with E-state index >= 15 is 0 Å². The van der Waals surface area contributed by atoms with Gasteiger partial charge in [0.25, 0.3) is 5.91 Å². The fourth-order valence-corrected chi connectivity index (χ4v) is 5.16. The zero-order valence-corrected chi connectivity index (χ0v) is 21.2. The quantitative estimate of drug-likeness (QED) is 0.444. The first-order valence-corrected chi connectivity index (χ1v) is 12.3. The first-order valence-electron chi connectivity index (χ1n) is 11.6. The number of halogens is 2. The van der Waals surface area contributed by atoms with Gasteiger partial charge in [0, 0.05) is 17.8 Å². The summed E-state index contributed by atoms with van der Waals surface area (Å²) in [4.78, 5) is 27.8. The highest BCUT2D eigenvalue weighted by molar-refractivity contribution is 6.43. The van der Waals surface area contributed by atoms with E-state index in [1.54, 1.807) is 11.0 Å². The summed E-state index contributed by atoms with van der Waals surface area (Å²) in [5, 5.41) is 13.2. The Balaban J connectivity index is 1.80. The summed E-state index contributed by atoms with van der Waals surface area (Å²) in [5.74, 6) is -0.598. The molecular weight excluding hydrogens is 501 g/mol. The van der Waals surface area contributed by atoms with Crippen LogP contribution in [-0.4, -0.2) is 39.4 Å². The van der Waals surface area contributed by atoms with Gasteiger partial charge in [-0.2, -0.15) is 0 Å². The lowest BCUT2D eigenvalue weighted by Gasteiger charge is -2.46. The molecule has 1 N–H and O–H groups in total. The molecule has 7 nitrogen and oxygen atoms in total. The summed E-state index contributed by atoms with van der Waals surface area (Å²) in [7, 11) is 0. The highest BCUT2D eigenvalue weighted by Crippen LogP contribution is 2.48. The number of amides is 1. The summed E-state index contributed by atoms with van der Waals surface area (Å²) < 4.78 is 7.67. The topological polar surface area (TPSA) is 75.0 Å². The molecule has 2 bridgehead atoms. The fraction of sp³-hybridized carbons (Fsp3) is 0.259. The van der Waals surface area contributed by atoms with Gasteiger partial charge in [0.05, 0.1) is 10.6 Å². The number of fused-ring (bicyclic) bond motifs is 6. The lowest BCUT2D eigenvalue weighted by Crippen LogP contribution is -2.58. The summed E-state index contributed by atoms with van der Waals surface area (Å²) in [6.07, 6.45) is 14.3. The average Bonchev–Trinajstić information content (AvgIpc) is 3.64. The predicted octanol–water partition coefficient (Wildman–Crippen LogP) is 5.12. The van der Waals surface area contributed by atoms with Crippen LogP contribution in [0.2, 0.25) is 10.0 Å². The molecule has 0 radical (unpaired) electrons. The molecule has 0 saturated heterocycles. The molecule has 0 unspecified atom stereocenters. The largest absolute Gasteiger partial charge is 0.502 e. The molecule has 5 rings (SSSR count). The first kappa shape index (κ1) is 24.3. The van der Waals surface area contributed by atoms with E-state index in [0.29, 0.717) is 21.9 Å². The molecular formula is C27H25Cl2N3O4. The first-order chi connectivity index (χ1) is 17.3. The number of pyridine rings is 1. The number of aromatic hydroxyl groups is 1. The number of allylic oxidation sites excluding steroid dienone is 3. The molecule has 1 spiro atoms. The Morgan fingerprint density at radius 1 is 1.22 bits per heavy atom. The van der Waals surface area contributed by atoms with Gasteiger partial charge < -0.3 is 14.7 Å². The van der Waals surface area contributed by atoms with Gasteiger partial charge in [-0.05, 0) is 37.5 Å². The van der Waals surface area contributed by atoms with Gasteiger partial charge in [0.15, 0.2) is 11.4 Å². The minimum atomic E-state index is -0.622. The van der Waals surface area contributed by atoms with Crippen LogP contribution in [0, 0.1) is 0 Å². The van der Waals surface area contributed by atoms with E-state index in [2.05, 4.69) is 6.58 Å². The highest BCUT2D eigenvalue weighted by atomic mass is 35.5. The van der Waals surface area contributed by atoms with Crippen LogP contribution in [-0.2, 0) is 0 Å². The molecule has 1 aromatic carbocycles. The minimum Gasteiger partial charge on any atom is -0.502 e. The van der Waals surface area contributed by atoms with Crippen molar-refractivity contribution < 1.29 is 14.6 Å². The van der Waals surface area contributed by atoms with Crippen LogP contribution >= 0.6 is 23.2 Å². The molecule has 186 valence electrons. The van der Waals surface area contributed by atoms with Gasteiger partial charge in [-0.15, -0.1) is 0 Å². The third kappa shape index (κ3) is 3.92. The third-order valence-electron chi connectivity index (χ3n) is 6.75. The third-order valence-corrected chi connectivity index (χ3v) is 7.54. The van der Waals surface area contributed by atoms with E-state index in [1.807, 2.05) is 54.5 Å². The maximum Gasteiger partial charge on any atom is 0.278 e.